The molecule has 3 aromatic rings. The molecule has 5 rings (SSSR count). The van der Waals surface area contributed by atoms with Gasteiger partial charge in [-0.1, -0.05) is 47.6 Å². The van der Waals surface area contributed by atoms with Gasteiger partial charge in [-0.05, 0) is 42.5 Å². The molecule has 0 saturated carbocycles. The summed E-state index contributed by atoms with van der Waals surface area (Å²) in [4.78, 5) is 13.3. The van der Waals surface area contributed by atoms with E-state index in [4.69, 9.17) is 4.52 Å². The van der Waals surface area contributed by atoms with E-state index >= 15 is 0 Å². The molecule has 0 unspecified atom stereocenters. The number of nitrogens with one attached hydrogen (secondary N) is 1. The second-order valence-electron chi connectivity index (χ2n) is 7.46. The van der Waals surface area contributed by atoms with Gasteiger partial charge in [-0.2, -0.15) is 0 Å². The van der Waals surface area contributed by atoms with Crippen LogP contribution in [-0.4, -0.2) is 10.9 Å². The highest BCUT2D eigenvalue weighted by atomic mass is 19.1. The van der Waals surface area contributed by atoms with E-state index in [9.17, 15) is 9.18 Å². The molecule has 2 aromatic carbocycles. The summed E-state index contributed by atoms with van der Waals surface area (Å²) < 4.78 is 19.5. The number of anilines is 1. The number of hydrogen-bond donors (Lipinski definition) is 1. The van der Waals surface area contributed by atoms with Gasteiger partial charge in [-0.25, -0.2) is 4.39 Å². The summed E-state index contributed by atoms with van der Waals surface area (Å²) in [6.45, 7) is 1.85. The number of halogens is 1. The molecular weight excluding hydrogens is 355 g/mol. The first kappa shape index (κ1) is 16.9. The Morgan fingerprint density at radius 3 is 2.64 bits per heavy atom. The number of ketones is 1. The van der Waals surface area contributed by atoms with Gasteiger partial charge in [0.1, 0.15) is 5.82 Å². The monoisotopic (exact) mass is 374 g/mol. The molecule has 2 heterocycles. The molecule has 5 heteroatoms. The van der Waals surface area contributed by atoms with Gasteiger partial charge in [0, 0.05) is 23.6 Å². The van der Waals surface area contributed by atoms with Crippen molar-refractivity contribution >= 4 is 11.7 Å². The van der Waals surface area contributed by atoms with Crippen molar-refractivity contribution in [3.8, 4) is 0 Å². The van der Waals surface area contributed by atoms with Crippen LogP contribution >= 0.6 is 0 Å². The zero-order valence-electron chi connectivity index (χ0n) is 15.4. The fraction of sp³-hybridized carbons (Fsp3) is 0.217. The highest BCUT2D eigenvalue weighted by Gasteiger charge is 2.41. The summed E-state index contributed by atoms with van der Waals surface area (Å²) in [5.74, 6) is 0.0606. The minimum atomic E-state index is -0.363. The third-order valence-corrected chi connectivity index (χ3v) is 5.71. The molecule has 0 bridgehead atoms. The minimum Gasteiger partial charge on any atom is -0.338 e. The fourth-order valence-electron chi connectivity index (χ4n) is 4.45. The number of carbonyl (C=O) groups is 1. The molecule has 2 aliphatic rings. The molecule has 0 saturated heterocycles. The molecule has 0 spiro atoms. The van der Waals surface area contributed by atoms with E-state index in [0.717, 1.165) is 22.4 Å². The van der Waals surface area contributed by atoms with Crippen molar-refractivity contribution in [2.75, 3.05) is 5.32 Å². The fourth-order valence-corrected chi connectivity index (χ4v) is 4.45. The smallest absolute Gasteiger partial charge is 0.233 e. The number of benzene rings is 2. The van der Waals surface area contributed by atoms with Crippen LogP contribution in [0.1, 0.15) is 47.1 Å². The zero-order valence-corrected chi connectivity index (χ0v) is 15.4. The number of aryl methyl sites for hydroxylation is 1. The SMILES string of the molecule is Cc1noc2c1[C@@H](c1cccc(F)c1)C1=C(C[C@@H](c3ccccc3)CC1=O)N2. The second kappa shape index (κ2) is 6.44. The van der Waals surface area contributed by atoms with E-state index in [-0.39, 0.29) is 23.4 Å². The highest BCUT2D eigenvalue weighted by molar-refractivity contribution is 6.01. The van der Waals surface area contributed by atoms with Crippen molar-refractivity contribution in [1.82, 2.24) is 5.16 Å². The molecule has 0 radical (unpaired) electrons. The largest absolute Gasteiger partial charge is 0.338 e. The van der Waals surface area contributed by atoms with Crippen molar-refractivity contribution in [2.24, 2.45) is 0 Å². The Hall–Kier alpha value is -3.21. The van der Waals surface area contributed by atoms with Crippen molar-refractivity contribution < 1.29 is 13.7 Å². The number of allylic oxidation sites excluding steroid dienone is 2. The third-order valence-electron chi connectivity index (χ3n) is 5.71. The van der Waals surface area contributed by atoms with Crippen molar-refractivity contribution in [3.63, 3.8) is 0 Å². The molecule has 140 valence electrons. The molecule has 1 aromatic heterocycles. The third kappa shape index (κ3) is 2.66. The number of carbonyl (C=O) groups excluding carboxylic acids is 1. The van der Waals surface area contributed by atoms with E-state index in [0.29, 0.717) is 30.0 Å². The van der Waals surface area contributed by atoms with E-state index in [1.54, 1.807) is 6.07 Å². The number of rotatable bonds is 2. The minimum absolute atomic E-state index is 0.0862. The molecule has 4 nitrogen and oxygen atoms in total. The van der Waals surface area contributed by atoms with Gasteiger partial charge in [0.25, 0.3) is 0 Å². The Kier molecular flexibility index (Phi) is 3.90. The standard InChI is InChI=1S/C23H19FN2O2/c1-13-20-21(15-8-5-9-17(24)10-15)22-18(25-23(20)28-26-13)11-16(12-19(22)27)14-6-3-2-4-7-14/h2-10,16,21,25H,11-12H2,1H3/t16-,21-/m1/s1. The topological polar surface area (TPSA) is 55.1 Å². The van der Waals surface area contributed by atoms with Gasteiger partial charge in [0.2, 0.25) is 5.88 Å². The Morgan fingerprint density at radius 2 is 1.86 bits per heavy atom. The second-order valence-corrected chi connectivity index (χ2v) is 7.46. The average Bonchev–Trinajstić information content (AvgIpc) is 3.07. The molecule has 0 fully saturated rings. The molecule has 1 aliphatic carbocycles. The van der Waals surface area contributed by atoms with Crippen molar-refractivity contribution in [2.45, 2.75) is 31.6 Å². The van der Waals surface area contributed by atoms with Gasteiger partial charge in [-0.15, -0.1) is 0 Å². The quantitative estimate of drug-likeness (QED) is 0.680. The predicted octanol–water partition coefficient (Wildman–Crippen LogP) is 5.08. The lowest BCUT2D eigenvalue weighted by molar-refractivity contribution is -0.116. The number of hydrogen-bond acceptors (Lipinski definition) is 4. The number of nitrogens with zero attached hydrogens (tertiary/aromatic N) is 1. The van der Waals surface area contributed by atoms with Crippen LogP contribution in [0, 0.1) is 12.7 Å². The van der Waals surface area contributed by atoms with Crippen LogP contribution in [0.4, 0.5) is 10.3 Å². The summed E-state index contributed by atoms with van der Waals surface area (Å²) in [5.41, 5.74) is 4.97. The van der Waals surface area contributed by atoms with Gasteiger partial charge in [-0.3, -0.25) is 4.79 Å². The number of aromatic nitrogens is 1. The van der Waals surface area contributed by atoms with E-state index in [1.807, 2.05) is 31.2 Å². The Bertz CT molecular complexity index is 1100. The highest BCUT2D eigenvalue weighted by Crippen LogP contribution is 2.48. The van der Waals surface area contributed by atoms with Crippen LogP contribution in [0.5, 0.6) is 0 Å². The van der Waals surface area contributed by atoms with E-state index in [1.165, 1.54) is 12.1 Å². The molecule has 2 atom stereocenters. The first-order valence-electron chi connectivity index (χ1n) is 9.41. The van der Waals surface area contributed by atoms with E-state index < -0.39 is 0 Å². The lowest BCUT2D eigenvalue weighted by Crippen LogP contribution is -2.29. The van der Waals surface area contributed by atoms with Gasteiger partial charge >= 0.3 is 0 Å². The van der Waals surface area contributed by atoms with Crippen LogP contribution in [0.2, 0.25) is 0 Å². The Morgan fingerprint density at radius 1 is 1.07 bits per heavy atom. The first-order valence-corrected chi connectivity index (χ1v) is 9.41. The summed E-state index contributed by atoms with van der Waals surface area (Å²) >= 11 is 0. The molecule has 1 aliphatic heterocycles. The zero-order chi connectivity index (χ0) is 19.3. The summed E-state index contributed by atoms with van der Waals surface area (Å²) in [6.07, 6.45) is 1.14. The van der Waals surface area contributed by atoms with Gasteiger partial charge < -0.3 is 9.84 Å². The molecular formula is C23H19FN2O2. The van der Waals surface area contributed by atoms with Crippen LogP contribution in [0.15, 0.2) is 70.4 Å². The lowest BCUT2D eigenvalue weighted by Gasteiger charge is -2.34. The number of fused-ring (bicyclic) bond motifs is 1. The van der Waals surface area contributed by atoms with Crippen molar-refractivity contribution in [1.29, 1.82) is 0 Å². The van der Waals surface area contributed by atoms with Crippen LogP contribution in [0.25, 0.3) is 0 Å². The van der Waals surface area contributed by atoms with Crippen LogP contribution < -0.4 is 5.32 Å². The van der Waals surface area contributed by atoms with Crippen LogP contribution in [-0.2, 0) is 4.79 Å². The summed E-state index contributed by atoms with van der Waals surface area (Å²) in [6, 6.07) is 16.5. The Balaban J connectivity index is 1.64. The number of Topliss-reactive ketones (excluding diaryl/α,β-unsaturated/α-hetero) is 1. The molecule has 0 amide bonds. The summed E-state index contributed by atoms with van der Waals surface area (Å²) in [5, 5.41) is 7.39. The van der Waals surface area contributed by atoms with Gasteiger partial charge in [0.15, 0.2) is 5.78 Å². The molecule has 1 N–H and O–H groups in total. The molecule has 28 heavy (non-hydrogen) atoms. The predicted molar refractivity (Wildman–Crippen MR) is 104 cm³/mol. The lowest BCUT2D eigenvalue weighted by atomic mass is 9.72. The average molecular weight is 374 g/mol. The van der Waals surface area contributed by atoms with E-state index in [2.05, 4.69) is 22.6 Å². The normalized spacial score (nSPS) is 21.1. The van der Waals surface area contributed by atoms with Crippen LogP contribution in [0.3, 0.4) is 0 Å². The maximum absolute atomic E-state index is 14.0. The maximum Gasteiger partial charge on any atom is 0.233 e. The first-order chi connectivity index (χ1) is 13.6. The van der Waals surface area contributed by atoms with Crippen molar-refractivity contribution in [3.05, 3.63) is 94.1 Å². The van der Waals surface area contributed by atoms with Gasteiger partial charge in [0.05, 0.1) is 11.3 Å². The maximum atomic E-state index is 14.0. The summed E-state index contributed by atoms with van der Waals surface area (Å²) in [7, 11) is 0. The Labute approximate surface area is 162 Å².